The van der Waals surface area contributed by atoms with E-state index in [4.69, 9.17) is 4.74 Å². The second-order valence-electron chi connectivity index (χ2n) is 4.35. The van der Waals surface area contributed by atoms with Crippen LogP contribution in [-0.4, -0.2) is 13.2 Å². The maximum Gasteiger partial charge on any atom is 0.119 e. The van der Waals surface area contributed by atoms with E-state index in [0.29, 0.717) is 0 Å². The van der Waals surface area contributed by atoms with Gasteiger partial charge >= 0.3 is 0 Å². The molecule has 0 aliphatic rings. The highest BCUT2D eigenvalue weighted by molar-refractivity contribution is 9.10. The van der Waals surface area contributed by atoms with Crippen LogP contribution in [0.2, 0.25) is 0 Å². The van der Waals surface area contributed by atoms with Crippen molar-refractivity contribution in [3.63, 3.8) is 0 Å². The Morgan fingerprint density at radius 2 is 1.84 bits per heavy atom. The maximum atomic E-state index is 5.65. The van der Waals surface area contributed by atoms with E-state index in [1.54, 1.807) is 0 Å². The molecule has 0 amide bonds. The fourth-order valence-corrected chi connectivity index (χ4v) is 2.17. The zero-order valence-corrected chi connectivity index (χ0v) is 12.6. The minimum absolute atomic E-state index is 0.726. The zero-order chi connectivity index (χ0) is 13.5. The van der Waals surface area contributed by atoms with E-state index < -0.39 is 0 Å². The Balaban J connectivity index is 1.71. The molecule has 1 N–H and O–H groups in total. The molecule has 19 heavy (non-hydrogen) atoms. The minimum Gasteiger partial charge on any atom is -0.494 e. The van der Waals surface area contributed by atoms with Gasteiger partial charge in [-0.1, -0.05) is 40.2 Å². The third-order valence-electron chi connectivity index (χ3n) is 2.92. The zero-order valence-electron chi connectivity index (χ0n) is 11.0. The van der Waals surface area contributed by atoms with Crippen LogP contribution < -0.4 is 10.1 Å². The molecular formula is C16H18BrNO. The Labute approximate surface area is 122 Å². The van der Waals surface area contributed by atoms with E-state index in [2.05, 4.69) is 40.3 Å². The molecule has 2 rings (SSSR count). The fraction of sp³-hybridized carbons (Fsp3) is 0.250. The summed E-state index contributed by atoms with van der Waals surface area (Å²) >= 11 is 3.53. The number of hydrogen-bond acceptors (Lipinski definition) is 2. The second-order valence-corrected chi connectivity index (χ2v) is 5.21. The number of rotatable bonds is 6. The van der Waals surface area contributed by atoms with Gasteiger partial charge in [-0.25, -0.2) is 0 Å². The molecule has 0 saturated carbocycles. The Bertz CT molecular complexity index is 513. The van der Waals surface area contributed by atoms with E-state index in [1.807, 2.05) is 36.4 Å². The third-order valence-corrected chi connectivity index (χ3v) is 3.78. The molecule has 100 valence electrons. The smallest absolute Gasteiger partial charge is 0.119 e. The van der Waals surface area contributed by atoms with Crippen molar-refractivity contribution in [2.24, 2.45) is 0 Å². The average Bonchev–Trinajstić information content (AvgIpc) is 2.44. The van der Waals surface area contributed by atoms with Crippen LogP contribution in [0.5, 0.6) is 5.75 Å². The van der Waals surface area contributed by atoms with Gasteiger partial charge in [0.05, 0.1) is 6.61 Å². The molecule has 0 bridgehead atoms. The molecule has 0 saturated heterocycles. The Morgan fingerprint density at radius 3 is 2.63 bits per heavy atom. The molecule has 0 heterocycles. The van der Waals surface area contributed by atoms with Gasteiger partial charge in [-0.05, 0) is 43.2 Å². The topological polar surface area (TPSA) is 21.3 Å². The van der Waals surface area contributed by atoms with Crippen LogP contribution in [0, 0.1) is 6.92 Å². The van der Waals surface area contributed by atoms with Crippen molar-refractivity contribution >= 4 is 21.6 Å². The molecule has 0 unspecified atom stereocenters. The van der Waals surface area contributed by atoms with Crippen molar-refractivity contribution in [2.75, 3.05) is 18.5 Å². The molecule has 2 aromatic rings. The maximum absolute atomic E-state index is 5.65. The summed E-state index contributed by atoms with van der Waals surface area (Å²) in [5, 5.41) is 3.43. The van der Waals surface area contributed by atoms with Gasteiger partial charge in [0.25, 0.3) is 0 Å². The van der Waals surface area contributed by atoms with E-state index in [0.717, 1.165) is 29.8 Å². The number of hydrogen-bond donors (Lipinski definition) is 1. The number of anilines is 1. The molecule has 0 spiro atoms. The largest absolute Gasteiger partial charge is 0.494 e. The van der Waals surface area contributed by atoms with E-state index >= 15 is 0 Å². The second kappa shape index (κ2) is 7.19. The number of benzene rings is 2. The minimum atomic E-state index is 0.726. The van der Waals surface area contributed by atoms with Crippen LogP contribution in [0.4, 0.5) is 5.69 Å². The molecule has 0 aromatic heterocycles. The summed E-state index contributed by atoms with van der Waals surface area (Å²) in [6.07, 6.45) is 0.973. The summed E-state index contributed by atoms with van der Waals surface area (Å²) in [4.78, 5) is 0. The van der Waals surface area contributed by atoms with Crippen molar-refractivity contribution in [3.8, 4) is 5.75 Å². The van der Waals surface area contributed by atoms with Crippen LogP contribution in [0.1, 0.15) is 12.0 Å². The van der Waals surface area contributed by atoms with Crippen LogP contribution in [0.15, 0.2) is 53.0 Å². The quantitative estimate of drug-likeness (QED) is 0.783. The standard InChI is InChI=1S/C16H18BrNO/c1-13-15(17)9-5-10-16(13)18-11-6-12-19-14-7-3-2-4-8-14/h2-5,7-10,18H,6,11-12H2,1H3. The monoisotopic (exact) mass is 319 g/mol. The molecule has 2 aromatic carbocycles. The molecular weight excluding hydrogens is 302 g/mol. The van der Waals surface area contributed by atoms with Crippen molar-refractivity contribution in [1.29, 1.82) is 0 Å². The van der Waals surface area contributed by atoms with Crippen LogP contribution in [0.25, 0.3) is 0 Å². The van der Waals surface area contributed by atoms with Gasteiger partial charge in [0, 0.05) is 16.7 Å². The Morgan fingerprint density at radius 1 is 1.05 bits per heavy atom. The summed E-state index contributed by atoms with van der Waals surface area (Å²) in [6, 6.07) is 16.1. The SMILES string of the molecule is Cc1c(Br)cccc1NCCCOc1ccccc1. The van der Waals surface area contributed by atoms with E-state index in [9.17, 15) is 0 Å². The van der Waals surface area contributed by atoms with Crippen LogP contribution in [-0.2, 0) is 0 Å². The van der Waals surface area contributed by atoms with Crippen LogP contribution in [0.3, 0.4) is 0 Å². The molecule has 0 aliphatic heterocycles. The molecule has 0 fully saturated rings. The molecule has 0 atom stereocenters. The van der Waals surface area contributed by atoms with E-state index in [-0.39, 0.29) is 0 Å². The number of nitrogens with one attached hydrogen (secondary N) is 1. The molecule has 2 nitrogen and oxygen atoms in total. The van der Waals surface area contributed by atoms with Gasteiger partial charge in [-0.3, -0.25) is 0 Å². The normalized spacial score (nSPS) is 10.2. The van der Waals surface area contributed by atoms with Gasteiger partial charge < -0.3 is 10.1 Å². The summed E-state index contributed by atoms with van der Waals surface area (Å²) in [7, 11) is 0. The van der Waals surface area contributed by atoms with Crippen molar-refractivity contribution in [1.82, 2.24) is 0 Å². The first kappa shape index (κ1) is 13.9. The highest BCUT2D eigenvalue weighted by Crippen LogP contribution is 2.23. The van der Waals surface area contributed by atoms with Gasteiger partial charge in [0.15, 0.2) is 0 Å². The lowest BCUT2D eigenvalue weighted by Gasteiger charge is -2.11. The first-order valence-corrected chi connectivity index (χ1v) is 7.23. The van der Waals surface area contributed by atoms with Crippen LogP contribution >= 0.6 is 15.9 Å². The van der Waals surface area contributed by atoms with Gasteiger partial charge in [-0.2, -0.15) is 0 Å². The van der Waals surface area contributed by atoms with Gasteiger partial charge in [0.2, 0.25) is 0 Å². The lowest BCUT2D eigenvalue weighted by atomic mass is 10.2. The van der Waals surface area contributed by atoms with Gasteiger partial charge in [0.1, 0.15) is 5.75 Å². The summed E-state index contributed by atoms with van der Waals surface area (Å²) in [6.45, 7) is 3.74. The first-order chi connectivity index (χ1) is 9.27. The molecule has 3 heteroatoms. The lowest BCUT2D eigenvalue weighted by molar-refractivity contribution is 0.315. The predicted molar refractivity (Wildman–Crippen MR) is 83.9 cm³/mol. The Kier molecular flexibility index (Phi) is 5.28. The van der Waals surface area contributed by atoms with Crippen molar-refractivity contribution in [3.05, 3.63) is 58.6 Å². The predicted octanol–water partition coefficient (Wildman–Crippen LogP) is 4.64. The summed E-state index contributed by atoms with van der Waals surface area (Å²) in [5.74, 6) is 0.932. The summed E-state index contributed by atoms with van der Waals surface area (Å²) < 4.78 is 6.79. The third kappa shape index (κ3) is 4.28. The lowest BCUT2D eigenvalue weighted by Crippen LogP contribution is -2.08. The Hall–Kier alpha value is -1.48. The average molecular weight is 320 g/mol. The highest BCUT2D eigenvalue weighted by atomic mass is 79.9. The van der Waals surface area contributed by atoms with Crippen molar-refractivity contribution < 1.29 is 4.74 Å². The number of ether oxygens (including phenoxy) is 1. The van der Waals surface area contributed by atoms with Crippen molar-refractivity contribution in [2.45, 2.75) is 13.3 Å². The fourth-order valence-electron chi connectivity index (χ4n) is 1.80. The highest BCUT2D eigenvalue weighted by Gasteiger charge is 2.00. The molecule has 0 radical (unpaired) electrons. The molecule has 0 aliphatic carbocycles. The number of para-hydroxylation sites is 1. The number of halogens is 1. The first-order valence-electron chi connectivity index (χ1n) is 6.44. The van der Waals surface area contributed by atoms with Gasteiger partial charge in [-0.15, -0.1) is 0 Å². The summed E-state index contributed by atoms with van der Waals surface area (Å²) in [5.41, 5.74) is 2.42. The van der Waals surface area contributed by atoms with E-state index in [1.165, 1.54) is 11.3 Å².